The van der Waals surface area contributed by atoms with Crippen LogP contribution in [-0.2, 0) is 23.9 Å². The number of nitrogens with zero attached hydrogens (tertiary/aromatic N) is 4. The highest BCUT2D eigenvalue weighted by Gasteiger charge is 2.27. The molecule has 0 bridgehead atoms. The molecule has 2 aliphatic heterocycles. The summed E-state index contributed by atoms with van der Waals surface area (Å²) < 4.78 is 25.9. The Labute approximate surface area is 332 Å². The van der Waals surface area contributed by atoms with Crippen molar-refractivity contribution in [3.05, 3.63) is 46.3 Å². The minimum atomic E-state index is -0.647. The summed E-state index contributed by atoms with van der Waals surface area (Å²) in [5.41, 5.74) is 4.44. The van der Waals surface area contributed by atoms with Crippen LogP contribution < -0.4 is 30.9 Å². The van der Waals surface area contributed by atoms with Gasteiger partial charge in [-0.15, -0.1) is 4.37 Å². The zero-order chi connectivity index (χ0) is 40.4. The number of esters is 1. The molecule has 2 aliphatic rings. The summed E-state index contributed by atoms with van der Waals surface area (Å²) in [6, 6.07) is 5.12. The maximum absolute atomic E-state index is 13.1. The fourth-order valence-corrected chi connectivity index (χ4v) is 6.93. The van der Waals surface area contributed by atoms with E-state index in [1.54, 1.807) is 24.3 Å². The van der Waals surface area contributed by atoms with Gasteiger partial charge < -0.3 is 50.3 Å². The maximum atomic E-state index is 13.1. The normalized spacial score (nSPS) is 15.5. The number of rotatable bonds is 18. The van der Waals surface area contributed by atoms with Gasteiger partial charge in [-0.05, 0) is 77.5 Å². The Kier molecular flexibility index (Phi) is 14.6. The summed E-state index contributed by atoms with van der Waals surface area (Å²) in [7, 11) is 0. The first-order valence-corrected chi connectivity index (χ1v) is 19.9. The van der Waals surface area contributed by atoms with Crippen molar-refractivity contribution in [3.8, 4) is 5.88 Å². The molecule has 1 aromatic carbocycles. The quantitative estimate of drug-likeness (QED) is 0.0921. The highest BCUT2D eigenvalue weighted by atomic mass is 32.1. The van der Waals surface area contributed by atoms with Crippen molar-refractivity contribution in [1.29, 1.82) is 0 Å². The maximum Gasteiger partial charge on any atom is 0.306 e. The fourth-order valence-electron chi connectivity index (χ4n) is 6.41. The summed E-state index contributed by atoms with van der Waals surface area (Å²) in [6.45, 7) is 19.9. The van der Waals surface area contributed by atoms with Gasteiger partial charge in [0.05, 0.1) is 42.5 Å². The third-order valence-electron chi connectivity index (χ3n) is 9.56. The highest BCUT2D eigenvalue weighted by Crippen LogP contribution is 2.36. The Balaban J connectivity index is 1.18. The predicted molar refractivity (Wildman–Crippen MR) is 217 cm³/mol. The van der Waals surface area contributed by atoms with Gasteiger partial charge in [-0.3, -0.25) is 19.2 Å². The van der Waals surface area contributed by atoms with E-state index in [0.717, 1.165) is 36.9 Å². The molecule has 5 rings (SSSR count). The van der Waals surface area contributed by atoms with E-state index in [9.17, 15) is 19.2 Å². The lowest BCUT2D eigenvalue weighted by molar-refractivity contribution is -0.151. The Morgan fingerprint density at radius 2 is 1.86 bits per heavy atom. The monoisotopic (exact) mass is 793 g/mol. The lowest BCUT2D eigenvalue weighted by atomic mass is 10.0. The number of hydrogen-bond donors (Lipinski definition) is 5. The van der Waals surface area contributed by atoms with E-state index in [-0.39, 0.29) is 42.7 Å². The molecule has 0 aliphatic carbocycles. The molecule has 1 fully saturated rings. The van der Waals surface area contributed by atoms with Gasteiger partial charge in [0.25, 0.3) is 17.7 Å². The summed E-state index contributed by atoms with van der Waals surface area (Å²) in [5, 5.41) is 12.1. The Bertz CT molecular complexity index is 1890. The SMILES string of the molecule is CCN(CC)CCNC(=O)c1c(C)[nH]c(/C=C2\C(=O)Nc3ccc(NC(=O)CCC(=O)O[C@@H](CNC(C)(C)C)COc4nsnc4N4CCOCC4)cc32)c1C. The second-order valence-corrected chi connectivity index (χ2v) is 15.3. The molecular weight excluding hydrogens is 739 g/mol. The molecule has 304 valence electrons. The average Bonchev–Trinajstić information content (AvgIpc) is 3.84. The average molecular weight is 794 g/mol. The molecule has 3 amide bonds. The Morgan fingerprint density at radius 3 is 2.57 bits per heavy atom. The van der Waals surface area contributed by atoms with E-state index in [0.29, 0.717) is 90.6 Å². The lowest BCUT2D eigenvalue weighted by Gasteiger charge is -2.27. The second kappa shape index (κ2) is 19.3. The molecule has 5 N–H and O–H groups in total. The van der Waals surface area contributed by atoms with E-state index in [4.69, 9.17) is 14.2 Å². The first-order chi connectivity index (χ1) is 26.8. The molecule has 1 atom stereocenters. The van der Waals surface area contributed by atoms with Crippen LogP contribution in [0.15, 0.2) is 18.2 Å². The number of H-pyrrole nitrogens is 1. The molecule has 0 unspecified atom stereocenters. The van der Waals surface area contributed by atoms with Crippen LogP contribution in [0.3, 0.4) is 0 Å². The summed E-state index contributed by atoms with van der Waals surface area (Å²) in [6.07, 6.45) is 0.808. The van der Waals surface area contributed by atoms with Gasteiger partial charge in [0, 0.05) is 73.0 Å². The smallest absolute Gasteiger partial charge is 0.306 e. The number of carbonyl (C=O) groups excluding carboxylic acids is 4. The number of fused-ring (bicyclic) bond motifs is 1. The van der Waals surface area contributed by atoms with E-state index >= 15 is 0 Å². The van der Waals surface area contributed by atoms with Crippen molar-refractivity contribution >= 4 is 64.3 Å². The number of carbonyl (C=O) groups is 4. The lowest BCUT2D eigenvalue weighted by Crippen LogP contribution is -2.44. The Hall–Kier alpha value is -4.84. The van der Waals surface area contributed by atoms with Gasteiger partial charge in [0.2, 0.25) is 11.7 Å². The molecule has 1 saturated heterocycles. The molecular formula is C39H55N9O7S. The highest BCUT2D eigenvalue weighted by molar-refractivity contribution is 6.99. The molecule has 16 nitrogen and oxygen atoms in total. The van der Waals surface area contributed by atoms with Gasteiger partial charge in [-0.2, -0.15) is 4.37 Å². The first-order valence-electron chi connectivity index (χ1n) is 19.2. The second-order valence-electron chi connectivity index (χ2n) is 14.8. The number of aromatic nitrogens is 3. The van der Waals surface area contributed by atoms with E-state index < -0.39 is 12.1 Å². The van der Waals surface area contributed by atoms with Crippen LogP contribution in [0.2, 0.25) is 0 Å². The number of amides is 3. The van der Waals surface area contributed by atoms with Gasteiger partial charge >= 0.3 is 5.97 Å². The van der Waals surface area contributed by atoms with Crippen molar-refractivity contribution in [2.45, 2.75) is 73.0 Å². The summed E-state index contributed by atoms with van der Waals surface area (Å²) >= 11 is 1.05. The molecule has 0 saturated carbocycles. The number of hydrogen-bond acceptors (Lipinski definition) is 13. The first kappa shape index (κ1) is 42.3. The fraction of sp³-hybridized carbons (Fsp3) is 0.538. The third-order valence-corrected chi connectivity index (χ3v) is 10.1. The number of aromatic amines is 1. The van der Waals surface area contributed by atoms with E-state index in [2.05, 4.69) is 58.6 Å². The number of benzene rings is 1. The van der Waals surface area contributed by atoms with Crippen LogP contribution in [-0.4, -0.2) is 120 Å². The van der Waals surface area contributed by atoms with Crippen molar-refractivity contribution in [2.75, 3.05) is 81.2 Å². The minimum absolute atomic E-state index is 0.0501. The van der Waals surface area contributed by atoms with Crippen LogP contribution in [0.1, 0.15) is 80.3 Å². The van der Waals surface area contributed by atoms with Crippen LogP contribution in [0.4, 0.5) is 17.2 Å². The Morgan fingerprint density at radius 1 is 1.11 bits per heavy atom. The topological polar surface area (TPSA) is 192 Å². The number of nitrogens with one attached hydrogen (secondary N) is 5. The van der Waals surface area contributed by atoms with Crippen LogP contribution in [0.5, 0.6) is 5.88 Å². The van der Waals surface area contributed by atoms with Gasteiger partial charge in [-0.1, -0.05) is 13.8 Å². The van der Waals surface area contributed by atoms with Crippen molar-refractivity contribution in [1.82, 2.24) is 29.3 Å². The van der Waals surface area contributed by atoms with Crippen molar-refractivity contribution in [3.63, 3.8) is 0 Å². The molecule has 4 heterocycles. The van der Waals surface area contributed by atoms with E-state index in [1.165, 1.54) is 0 Å². The van der Waals surface area contributed by atoms with Crippen molar-refractivity contribution in [2.24, 2.45) is 0 Å². The van der Waals surface area contributed by atoms with Crippen molar-refractivity contribution < 1.29 is 33.4 Å². The van der Waals surface area contributed by atoms with Gasteiger partial charge in [-0.25, -0.2) is 0 Å². The molecule has 2 aromatic heterocycles. The predicted octanol–water partition coefficient (Wildman–Crippen LogP) is 3.98. The summed E-state index contributed by atoms with van der Waals surface area (Å²) in [5.74, 6) is -0.383. The molecule has 56 heavy (non-hydrogen) atoms. The molecule has 0 spiro atoms. The minimum Gasteiger partial charge on any atom is -0.470 e. The zero-order valence-corrected chi connectivity index (χ0v) is 34.2. The third kappa shape index (κ3) is 11.4. The summed E-state index contributed by atoms with van der Waals surface area (Å²) in [4.78, 5) is 59.8. The standard InChI is InChI=1S/C39H55N9O7S/c1-8-47(9-2)15-14-40-37(52)34-24(3)31(42-25(34)4)21-29-28-20-26(10-11-30(28)44-36(29)51)43-32(49)12-13-33(50)55-27(22-41-39(5,6)7)23-54-38-35(45-56-46-38)48-16-18-53-19-17-48/h10-11,20-21,27,41-42H,8-9,12-19,22-23H2,1-7H3,(H,40,52)(H,43,49)(H,44,51)/b29-21-/t27-/m0/s1. The van der Waals surface area contributed by atoms with Gasteiger partial charge in [0.1, 0.15) is 12.7 Å². The van der Waals surface area contributed by atoms with E-state index in [1.807, 2.05) is 34.6 Å². The number of ether oxygens (including phenoxy) is 3. The largest absolute Gasteiger partial charge is 0.470 e. The molecule has 17 heteroatoms. The molecule has 0 radical (unpaired) electrons. The van der Waals surface area contributed by atoms with Crippen LogP contribution >= 0.6 is 11.7 Å². The van der Waals surface area contributed by atoms with Gasteiger partial charge in [0.15, 0.2) is 0 Å². The van der Waals surface area contributed by atoms with Crippen LogP contribution in [0, 0.1) is 13.8 Å². The number of anilines is 3. The molecule has 3 aromatic rings. The van der Waals surface area contributed by atoms with Crippen LogP contribution in [0.25, 0.3) is 11.6 Å². The number of likely N-dealkylation sites (N-methyl/N-ethyl adjacent to an activating group) is 1. The number of aryl methyl sites for hydroxylation is 1. The zero-order valence-electron chi connectivity index (χ0n) is 33.4. The number of morpholine rings is 1.